The molecule has 3 N–H and O–H groups in total. The molecule has 0 saturated carbocycles. The number of quaternary nitrogens is 1. The van der Waals surface area contributed by atoms with Crippen molar-refractivity contribution in [3.8, 4) is 0 Å². The molecule has 3 unspecified atom stereocenters. The minimum atomic E-state index is -4.38. The average molecular weight is 1090 g/mol. The van der Waals surface area contributed by atoms with Gasteiger partial charge in [0.2, 0.25) is 5.91 Å². The van der Waals surface area contributed by atoms with Gasteiger partial charge in [0.1, 0.15) is 13.2 Å². The first-order chi connectivity index (χ1) is 37.5. The Morgan fingerprint density at radius 3 is 1.19 bits per heavy atom. The van der Waals surface area contributed by atoms with E-state index in [-0.39, 0.29) is 19.1 Å². The Hall–Kier alpha value is -2.84. The monoisotopic (exact) mass is 1090 g/mol. The molecular formula is C68H122N2O6P+. The Kier molecular flexibility index (Phi) is 55.7. The van der Waals surface area contributed by atoms with Crippen molar-refractivity contribution >= 4 is 13.7 Å². The third-order valence-corrected chi connectivity index (χ3v) is 14.7. The summed E-state index contributed by atoms with van der Waals surface area (Å²) in [5.74, 6) is -0.221. The summed E-state index contributed by atoms with van der Waals surface area (Å²) in [5.41, 5.74) is 0. The molecular weight excluding hydrogens is 972 g/mol. The van der Waals surface area contributed by atoms with E-state index in [0.717, 1.165) is 83.5 Å². The molecule has 0 aromatic rings. The molecule has 77 heavy (non-hydrogen) atoms. The fourth-order valence-electron chi connectivity index (χ4n) is 8.80. The summed E-state index contributed by atoms with van der Waals surface area (Å²) in [4.78, 5) is 23.3. The summed E-state index contributed by atoms with van der Waals surface area (Å²) in [6, 6.07) is -0.891. The molecule has 0 aliphatic carbocycles. The van der Waals surface area contributed by atoms with Crippen molar-refractivity contribution in [3.63, 3.8) is 0 Å². The molecule has 0 saturated heterocycles. The smallest absolute Gasteiger partial charge is 0.387 e. The number of nitrogens with one attached hydrogen (secondary N) is 1. The number of rotatable bonds is 57. The average Bonchev–Trinajstić information content (AvgIpc) is 3.39. The van der Waals surface area contributed by atoms with Gasteiger partial charge in [-0.1, -0.05) is 277 Å². The summed E-state index contributed by atoms with van der Waals surface area (Å²) in [6.07, 6.45) is 85.1. The number of phosphoric ester groups is 1. The van der Waals surface area contributed by atoms with Crippen LogP contribution in [0.5, 0.6) is 0 Å². The first kappa shape index (κ1) is 74.2. The number of amides is 1. The number of nitrogens with zero attached hydrogens (tertiary/aromatic N) is 1. The third-order valence-electron chi connectivity index (χ3n) is 13.7. The highest BCUT2D eigenvalue weighted by atomic mass is 31.2. The summed E-state index contributed by atoms with van der Waals surface area (Å²) in [6.45, 7) is 4.66. The van der Waals surface area contributed by atoms with Crippen LogP contribution in [0.15, 0.2) is 109 Å². The van der Waals surface area contributed by atoms with Crippen molar-refractivity contribution in [2.24, 2.45) is 0 Å². The van der Waals surface area contributed by atoms with Gasteiger partial charge in [-0.05, 0) is 89.9 Å². The maximum absolute atomic E-state index is 13.0. The quantitative estimate of drug-likeness (QED) is 0.0243. The van der Waals surface area contributed by atoms with E-state index in [1.54, 1.807) is 6.08 Å². The van der Waals surface area contributed by atoms with E-state index in [4.69, 9.17) is 9.05 Å². The minimum absolute atomic E-state index is 0.0433. The highest BCUT2D eigenvalue weighted by molar-refractivity contribution is 7.47. The second kappa shape index (κ2) is 57.8. The molecule has 9 heteroatoms. The molecule has 444 valence electrons. The van der Waals surface area contributed by atoms with Gasteiger partial charge in [-0.3, -0.25) is 13.8 Å². The normalized spacial score (nSPS) is 14.5. The molecule has 0 bridgehead atoms. The van der Waals surface area contributed by atoms with E-state index < -0.39 is 20.0 Å². The largest absolute Gasteiger partial charge is 0.472 e. The zero-order valence-electron chi connectivity index (χ0n) is 50.7. The number of carbonyl (C=O) groups excluding carboxylic acids is 1. The highest BCUT2D eigenvalue weighted by Crippen LogP contribution is 2.43. The Morgan fingerprint density at radius 1 is 0.455 bits per heavy atom. The van der Waals surface area contributed by atoms with E-state index in [9.17, 15) is 19.4 Å². The standard InChI is InChI=1S/C68H121N2O6P/c1-6-8-10-12-14-16-18-20-22-24-26-28-30-32-33-34-35-36-38-39-41-43-45-47-49-51-53-55-57-59-61-67(71)66(65-76-77(73,74)75-64-63-70(3,4)5)69-68(72)62-60-58-56-54-52-50-48-46-44-42-40-37-31-29-27-25-23-21-19-17-15-13-11-9-7-2/h9,11,15,17,21,23,27,29,37,40,44,46,50-53,59,61,66-67,71H,6-8,10,12-14,16,18-20,22,24-26,28,30-36,38-39,41-43,45,47-49,54-58,60,62-65H2,1-5H3,(H-,69,72,73,74)/p+1/b11-9-,17-15-,23-21-,29-27-,40-37-,46-44-,52-50-,53-51+,61-59+. The SMILES string of the molecule is CC/C=C\C/C=C\C/C=C\C/C=C\C/C=C\C/C=C\C/C=C\CCCCCC(=O)NC(COP(=O)(O)OCC[N+](C)(C)C)C(O)/C=C/CC/C=C/CCCCCCCCCCCCCCCCCCCCCCCCCC. The molecule has 0 heterocycles. The predicted molar refractivity (Wildman–Crippen MR) is 336 cm³/mol. The number of allylic oxidation sites excluding steroid dienone is 17. The predicted octanol–water partition coefficient (Wildman–Crippen LogP) is 19.9. The van der Waals surface area contributed by atoms with E-state index in [1.807, 2.05) is 27.2 Å². The van der Waals surface area contributed by atoms with Crippen molar-refractivity contribution in [2.75, 3.05) is 40.9 Å². The number of likely N-dealkylation sites (N-methyl/N-ethyl adjacent to an activating group) is 1. The molecule has 0 rings (SSSR count). The minimum Gasteiger partial charge on any atom is -0.387 e. The topological polar surface area (TPSA) is 105 Å². The Morgan fingerprint density at radius 2 is 0.792 bits per heavy atom. The molecule has 0 radical (unpaired) electrons. The lowest BCUT2D eigenvalue weighted by molar-refractivity contribution is -0.870. The van der Waals surface area contributed by atoms with Crippen LogP contribution in [-0.2, 0) is 18.4 Å². The van der Waals surface area contributed by atoms with Gasteiger partial charge in [0.25, 0.3) is 0 Å². The third kappa shape index (κ3) is 60.6. The summed E-state index contributed by atoms with van der Waals surface area (Å²) in [5, 5.41) is 13.9. The lowest BCUT2D eigenvalue weighted by atomic mass is 10.0. The van der Waals surface area contributed by atoms with Gasteiger partial charge < -0.3 is 19.8 Å². The van der Waals surface area contributed by atoms with Crippen molar-refractivity contribution < 1.29 is 32.9 Å². The van der Waals surface area contributed by atoms with Crippen LogP contribution in [-0.4, -0.2) is 73.4 Å². The van der Waals surface area contributed by atoms with Crippen LogP contribution in [0.4, 0.5) is 0 Å². The van der Waals surface area contributed by atoms with Gasteiger partial charge in [-0.15, -0.1) is 0 Å². The number of aliphatic hydroxyl groups excluding tert-OH is 1. The van der Waals surface area contributed by atoms with Crippen LogP contribution in [0.25, 0.3) is 0 Å². The molecule has 0 aliphatic rings. The van der Waals surface area contributed by atoms with E-state index in [1.165, 1.54) is 154 Å². The zero-order valence-corrected chi connectivity index (χ0v) is 51.6. The van der Waals surface area contributed by atoms with E-state index in [0.29, 0.717) is 23.9 Å². The van der Waals surface area contributed by atoms with Gasteiger partial charge >= 0.3 is 7.82 Å². The van der Waals surface area contributed by atoms with Gasteiger partial charge in [0, 0.05) is 6.42 Å². The van der Waals surface area contributed by atoms with Crippen molar-refractivity contribution in [3.05, 3.63) is 109 Å². The van der Waals surface area contributed by atoms with Crippen molar-refractivity contribution in [1.82, 2.24) is 5.32 Å². The van der Waals surface area contributed by atoms with Crippen molar-refractivity contribution in [2.45, 2.75) is 276 Å². The first-order valence-electron chi connectivity index (χ1n) is 31.8. The number of carbonyl (C=O) groups is 1. The fraction of sp³-hybridized carbons (Fsp3) is 0.721. The van der Waals surface area contributed by atoms with Gasteiger partial charge in [-0.2, -0.15) is 0 Å². The van der Waals surface area contributed by atoms with Gasteiger partial charge in [0.05, 0.1) is 39.9 Å². The maximum Gasteiger partial charge on any atom is 0.472 e. The molecule has 1 amide bonds. The van der Waals surface area contributed by atoms with Crippen LogP contribution < -0.4 is 5.32 Å². The number of hydrogen-bond acceptors (Lipinski definition) is 5. The Labute approximate surface area is 476 Å². The molecule has 3 atom stereocenters. The second-order valence-corrected chi connectivity index (χ2v) is 23.8. The van der Waals surface area contributed by atoms with Crippen molar-refractivity contribution in [1.29, 1.82) is 0 Å². The maximum atomic E-state index is 13.0. The second-order valence-electron chi connectivity index (χ2n) is 22.4. The van der Waals surface area contributed by atoms with Crippen LogP contribution in [0.2, 0.25) is 0 Å². The van der Waals surface area contributed by atoms with E-state index in [2.05, 4.69) is 116 Å². The molecule has 0 spiro atoms. The van der Waals surface area contributed by atoms with Crippen LogP contribution in [0.3, 0.4) is 0 Å². The zero-order chi connectivity index (χ0) is 56.3. The van der Waals surface area contributed by atoms with Gasteiger partial charge in [-0.25, -0.2) is 4.57 Å². The fourth-order valence-corrected chi connectivity index (χ4v) is 9.54. The molecule has 0 aliphatic heterocycles. The summed E-state index contributed by atoms with van der Waals surface area (Å²) >= 11 is 0. The Bertz CT molecular complexity index is 1620. The lowest BCUT2D eigenvalue weighted by Gasteiger charge is -2.25. The molecule has 0 fully saturated rings. The summed E-state index contributed by atoms with van der Waals surface area (Å²) in [7, 11) is 1.52. The Balaban J connectivity index is 4.27. The number of phosphoric acid groups is 1. The van der Waals surface area contributed by atoms with E-state index >= 15 is 0 Å². The molecule has 8 nitrogen and oxygen atoms in total. The van der Waals surface area contributed by atoms with Gasteiger partial charge in [0.15, 0.2) is 0 Å². The first-order valence-corrected chi connectivity index (χ1v) is 33.3. The molecule has 0 aromatic heterocycles. The van der Waals surface area contributed by atoms with Crippen LogP contribution >= 0.6 is 7.82 Å². The van der Waals surface area contributed by atoms with Crippen LogP contribution in [0, 0.1) is 0 Å². The highest BCUT2D eigenvalue weighted by Gasteiger charge is 2.27. The summed E-state index contributed by atoms with van der Waals surface area (Å²) < 4.78 is 23.7. The number of hydrogen-bond donors (Lipinski definition) is 3. The number of unbranched alkanes of at least 4 members (excludes halogenated alkanes) is 28. The number of aliphatic hydroxyl groups is 1. The lowest BCUT2D eigenvalue weighted by Crippen LogP contribution is -2.45. The molecule has 0 aromatic carbocycles. The van der Waals surface area contributed by atoms with Crippen LogP contribution in [0.1, 0.15) is 264 Å².